The molecule has 0 unspecified atom stereocenters. The number of nitrogens with zero attached hydrogens (tertiary/aromatic N) is 2. The molecule has 2 N–H and O–H groups in total. The van der Waals surface area contributed by atoms with E-state index in [1.807, 2.05) is 0 Å². The summed E-state index contributed by atoms with van der Waals surface area (Å²) in [6, 6.07) is 0.205. The minimum atomic E-state index is -0.578. The fourth-order valence-corrected chi connectivity index (χ4v) is 1.91. The van der Waals surface area contributed by atoms with Crippen molar-refractivity contribution in [2.45, 2.75) is 31.7 Å². The van der Waals surface area contributed by atoms with Crippen molar-refractivity contribution in [1.82, 2.24) is 9.97 Å². The van der Waals surface area contributed by atoms with Crippen LogP contribution in [0.15, 0.2) is 11.0 Å². The maximum absolute atomic E-state index is 11.0. The molecule has 86 valence electrons. The Hall–Kier alpha value is -1.92. The molecule has 0 bridgehead atoms. The van der Waals surface area contributed by atoms with Gasteiger partial charge in [0.25, 0.3) is 0 Å². The Kier molecular flexibility index (Phi) is 2.84. The summed E-state index contributed by atoms with van der Waals surface area (Å²) in [5.74, 6) is 0.164. The number of H-pyrrole nitrogens is 1. The van der Waals surface area contributed by atoms with Gasteiger partial charge in [0.15, 0.2) is 5.82 Å². The molecule has 1 saturated carbocycles. The number of rotatable bonds is 3. The fraction of sp³-hybridized carbons (Fsp3) is 0.556. The van der Waals surface area contributed by atoms with Crippen LogP contribution in [0, 0.1) is 10.1 Å². The molecule has 1 fully saturated rings. The lowest BCUT2D eigenvalue weighted by Gasteiger charge is -2.12. The van der Waals surface area contributed by atoms with E-state index in [2.05, 4.69) is 15.3 Å². The molecular formula is C9H12N4O3. The average Bonchev–Trinajstić information content (AvgIpc) is 2.70. The second-order valence-electron chi connectivity index (χ2n) is 3.83. The molecule has 0 atom stereocenters. The number of aromatic amines is 1. The van der Waals surface area contributed by atoms with Crippen LogP contribution < -0.4 is 11.0 Å². The van der Waals surface area contributed by atoms with Crippen LogP contribution in [0.2, 0.25) is 0 Å². The highest BCUT2D eigenvalue weighted by molar-refractivity contribution is 5.54. The predicted octanol–water partition coefficient (Wildman–Crippen LogP) is 1.03. The third kappa shape index (κ3) is 2.18. The highest BCUT2D eigenvalue weighted by Gasteiger charge is 2.21. The Labute approximate surface area is 91.1 Å². The first-order valence-electron chi connectivity index (χ1n) is 5.17. The molecule has 0 amide bonds. The summed E-state index contributed by atoms with van der Waals surface area (Å²) in [7, 11) is 0. The lowest BCUT2D eigenvalue weighted by Crippen LogP contribution is -2.21. The van der Waals surface area contributed by atoms with Crippen molar-refractivity contribution < 1.29 is 4.92 Å². The molecule has 1 aliphatic carbocycles. The number of hydrogen-bond acceptors (Lipinski definition) is 5. The van der Waals surface area contributed by atoms with Crippen molar-refractivity contribution in [1.29, 1.82) is 0 Å². The van der Waals surface area contributed by atoms with Gasteiger partial charge in [-0.1, -0.05) is 12.8 Å². The summed E-state index contributed by atoms with van der Waals surface area (Å²) < 4.78 is 0. The van der Waals surface area contributed by atoms with Crippen LogP contribution in [0.3, 0.4) is 0 Å². The lowest BCUT2D eigenvalue weighted by atomic mass is 10.2. The molecule has 1 heterocycles. The Balaban J connectivity index is 2.26. The SMILES string of the molecule is O=c1ncc([N+](=O)[O-])c(NC2CCCC2)[nH]1. The number of nitro groups is 1. The summed E-state index contributed by atoms with van der Waals surface area (Å²) in [4.78, 5) is 26.9. The molecule has 1 aromatic heterocycles. The van der Waals surface area contributed by atoms with Gasteiger partial charge in [-0.25, -0.2) is 4.79 Å². The number of hydrogen-bond donors (Lipinski definition) is 2. The summed E-state index contributed by atoms with van der Waals surface area (Å²) >= 11 is 0. The zero-order valence-electron chi connectivity index (χ0n) is 8.60. The summed E-state index contributed by atoms with van der Waals surface area (Å²) in [5, 5.41) is 13.7. The van der Waals surface area contributed by atoms with Gasteiger partial charge < -0.3 is 5.32 Å². The molecule has 1 aliphatic rings. The molecule has 0 aromatic carbocycles. The van der Waals surface area contributed by atoms with Crippen LogP contribution in [0.5, 0.6) is 0 Å². The molecular weight excluding hydrogens is 212 g/mol. The first kappa shape index (κ1) is 10.6. The van der Waals surface area contributed by atoms with Gasteiger partial charge in [-0.05, 0) is 12.8 Å². The minimum absolute atomic E-state index is 0.164. The highest BCUT2D eigenvalue weighted by Crippen LogP contribution is 2.25. The Bertz CT molecular complexity index is 450. The van der Waals surface area contributed by atoms with E-state index in [4.69, 9.17) is 0 Å². The first-order chi connectivity index (χ1) is 7.66. The van der Waals surface area contributed by atoms with E-state index in [0.29, 0.717) is 0 Å². The molecule has 0 radical (unpaired) electrons. The van der Waals surface area contributed by atoms with E-state index in [1.54, 1.807) is 0 Å². The summed E-state index contributed by atoms with van der Waals surface area (Å²) in [6.07, 6.45) is 5.15. The van der Waals surface area contributed by atoms with Gasteiger partial charge >= 0.3 is 11.4 Å². The van der Waals surface area contributed by atoms with Gasteiger partial charge in [0, 0.05) is 6.04 Å². The highest BCUT2D eigenvalue weighted by atomic mass is 16.6. The normalized spacial score (nSPS) is 16.2. The maximum Gasteiger partial charge on any atom is 0.346 e. The van der Waals surface area contributed by atoms with Crippen LogP contribution in [-0.2, 0) is 0 Å². The van der Waals surface area contributed by atoms with E-state index in [-0.39, 0.29) is 17.5 Å². The fourth-order valence-electron chi connectivity index (χ4n) is 1.91. The summed E-state index contributed by atoms with van der Waals surface area (Å²) in [5.41, 5.74) is -0.766. The predicted molar refractivity (Wildman–Crippen MR) is 57.4 cm³/mol. The lowest BCUT2D eigenvalue weighted by molar-refractivity contribution is -0.384. The second kappa shape index (κ2) is 4.30. The zero-order chi connectivity index (χ0) is 11.5. The Morgan fingerprint density at radius 1 is 1.50 bits per heavy atom. The van der Waals surface area contributed by atoms with E-state index < -0.39 is 10.6 Å². The topological polar surface area (TPSA) is 101 Å². The van der Waals surface area contributed by atoms with Crippen LogP contribution >= 0.6 is 0 Å². The van der Waals surface area contributed by atoms with Crippen LogP contribution in [0.25, 0.3) is 0 Å². The monoisotopic (exact) mass is 224 g/mol. The average molecular weight is 224 g/mol. The molecule has 7 nitrogen and oxygen atoms in total. The van der Waals surface area contributed by atoms with Crippen LogP contribution in [0.1, 0.15) is 25.7 Å². The van der Waals surface area contributed by atoms with Gasteiger partial charge in [-0.3, -0.25) is 15.1 Å². The molecule has 1 aromatic rings. The molecule has 7 heteroatoms. The molecule has 0 aliphatic heterocycles. The van der Waals surface area contributed by atoms with E-state index >= 15 is 0 Å². The third-order valence-corrected chi connectivity index (χ3v) is 2.69. The quantitative estimate of drug-likeness (QED) is 0.589. The molecule has 16 heavy (non-hydrogen) atoms. The molecule has 0 saturated heterocycles. The summed E-state index contributed by atoms with van der Waals surface area (Å²) in [6.45, 7) is 0. The van der Waals surface area contributed by atoms with E-state index in [0.717, 1.165) is 31.9 Å². The smallest absolute Gasteiger partial charge is 0.346 e. The third-order valence-electron chi connectivity index (χ3n) is 2.69. The van der Waals surface area contributed by atoms with Gasteiger partial charge in [-0.2, -0.15) is 4.98 Å². The van der Waals surface area contributed by atoms with Crippen molar-refractivity contribution in [2.24, 2.45) is 0 Å². The number of anilines is 1. The van der Waals surface area contributed by atoms with Gasteiger partial charge in [0.1, 0.15) is 6.20 Å². The van der Waals surface area contributed by atoms with Crippen LogP contribution in [0.4, 0.5) is 11.5 Å². The van der Waals surface area contributed by atoms with Crippen molar-refractivity contribution in [2.75, 3.05) is 5.32 Å². The van der Waals surface area contributed by atoms with Gasteiger partial charge in [0.05, 0.1) is 4.92 Å². The number of aromatic nitrogens is 2. The molecule has 0 spiro atoms. The van der Waals surface area contributed by atoms with Crippen molar-refractivity contribution in [3.63, 3.8) is 0 Å². The number of nitrogens with one attached hydrogen (secondary N) is 2. The Morgan fingerprint density at radius 2 is 2.19 bits per heavy atom. The zero-order valence-corrected chi connectivity index (χ0v) is 8.60. The first-order valence-corrected chi connectivity index (χ1v) is 5.17. The van der Waals surface area contributed by atoms with Crippen molar-refractivity contribution >= 4 is 11.5 Å². The van der Waals surface area contributed by atoms with Crippen LogP contribution in [-0.4, -0.2) is 20.9 Å². The molecule has 2 rings (SSSR count). The maximum atomic E-state index is 11.0. The van der Waals surface area contributed by atoms with E-state index in [1.165, 1.54) is 0 Å². The second-order valence-corrected chi connectivity index (χ2v) is 3.83. The largest absolute Gasteiger partial charge is 0.363 e. The van der Waals surface area contributed by atoms with Crippen molar-refractivity contribution in [3.8, 4) is 0 Å². The van der Waals surface area contributed by atoms with Crippen molar-refractivity contribution in [3.05, 3.63) is 26.8 Å². The Morgan fingerprint density at radius 3 is 2.81 bits per heavy atom. The van der Waals surface area contributed by atoms with E-state index in [9.17, 15) is 14.9 Å². The standard InChI is InChI=1S/C9H12N4O3/c14-9-10-5-7(13(15)16)8(12-9)11-6-3-1-2-4-6/h5-6H,1-4H2,(H2,10,11,12,14). The minimum Gasteiger partial charge on any atom is -0.363 e. The van der Waals surface area contributed by atoms with Gasteiger partial charge in [0.2, 0.25) is 0 Å². The van der Waals surface area contributed by atoms with Gasteiger partial charge in [-0.15, -0.1) is 0 Å².